The van der Waals surface area contributed by atoms with Crippen LogP contribution >= 0.6 is 12.2 Å². The van der Waals surface area contributed by atoms with Crippen LogP contribution in [0, 0.1) is 0 Å². The van der Waals surface area contributed by atoms with Gasteiger partial charge in [0.1, 0.15) is 11.6 Å². The highest BCUT2D eigenvalue weighted by Crippen LogP contribution is 2.34. The average Bonchev–Trinajstić information content (AvgIpc) is 3.12. The van der Waals surface area contributed by atoms with E-state index in [1.165, 1.54) is 0 Å². The molecule has 2 aromatic rings. The van der Waals surface area contributed by atoms with E-state index in [1.807, 2.05) is 28.9 Å². The van der Waals surface area contributed by atoms with Crippen LogP contribution in [-0.2, 0) is 9.47 Å². The van der Waals surface area contributed by atoms with Crippen molar-refractivity contribution in [2.75, 3.05) is 6.61 Å². The number of ether oxygens (including phenoxy) is 2. The van der Waals surface area contributed by atoms with Crippen molar-refractivity contribution in [3.8, 4) is 0 Å². The first kappa shape index (κ1) is 13.6. The van der Waals surface area contributed by atoms with Crippen molar-refractivity contribution in [3.05, 3.63) is 24.3 Å². The summed E-state index contributed by atoms with van der Waals surface area (Å²) in [5.41, 5.74) is 10.5. The number of fused-ring (bicyclic) bond motifs is 3. The van der Waals surface area contributed by atoms with E-state index in [4.69, 9.17) is 27.4 Å². The Morgan fingerprint density at radius 3 is 3.18 bits per heavy atom. The molecule has 2 aliphatic rings. The molecule has 3 atom stereocenters. The number of nitrogens with two attached hydrogens (primary N) is 1. The van der Waals surface area contributed by atoms with E-state index in [0.29, 0.717) is 18.7 Å². The monoisotopic (exact) mass is 318 g/mol. The molecule has 0 saturated carbocycles. The molecule has 2 bridgehead atoms. The maximum atomic E-state index is 5.86. The van der Waals surface area contributed by atoms with Crippen LogP contribution in [0.3, 0.4) is 0 Å². The summed E-state index contributed by atoms with van der Waals surface area (Å²) >= 11 is 4.77. The molecule has 0 amide bonds. The number of nitrogens with one attached hydrogen (secondary N) is 1. The fourth-order valence-corrected chi connectivity index (χ4v) is 2.88. The highest BCUT2D eigenvalue weighted by molar-refractivity contribution is 7.80. The average molecular weight is 318 g/mol. The maximum absolute atomic E-state index is 5.86. The summed E-state index contributed by atoms with van der Waals surface area (Å²) in [6, 6.07) is 7.79. The minimum atomic E-state index is -0.446. The van der Waals surface area contributed by atoms with Crippen molar-refractivity contribution < 1.29 is 9.47 Å². The third-order valence-corrected chi connectivity index (χ3v) is 3.92. The minimum Gasteiger partial charge on any atom is -0.375 e. The van der Waals surface area contributed by atoms with E-state index in [0.717, 1.165) is 11.0 Å². The van der Waals surface area contributed by atoms with Crippen LogP contribution in [0.2, 0.25) is 0 Å². The molecule has 2 aliphatic heterocycles. The van der Waals surface area contributed by atoms with Crippen molar-refractivity contribution >= 4 is 34.1 Å². The van der Waals surface area contributed by atoms with E-state index in [-0.39, 0.29) is 17.3 Å². The van der Waals surface area contributed by atoms with Crippen LogP contribution in [-0.4, -0.2) is 44.8 Å². The fraction of sp³-hybridized carbons (Fsp3) is 0.385. The smallest absolute Gasteiger partial charge is 0.199 e. The van der Waals surface area contributed by atoms with Gasteiger partial charge in [0.15, 0.2) is 11.4 Å². The van der Waals surface area contributed by atoms with Gasteiger partial charge in [-0.1, -0.05) is 17.3 Å². The molecule has 0 spiro atoms. The van der Waals surface area contributed by atoms with Crippen molar-refractivity contribution in [1.29, 1.82) is 0 Å². The number of hydrazone groups is 1. The summed E-state index contributed by atoms with van der Waals surface area (Å²) in [4.78, 5) is 0. The fourth-order valence-electron chi connectivity index (χ4n) is 2.84. The highest BCUT2D eigenvalue weighted by atomic mass is 32.1. The maximum Gasteiger partial charge on any atom is 0.199 e. The van der Waals surface area contributed by atoms with Gasteiger partial charge >= 0.3 is 0 Å². The zero-order valence-corrected chi connectivity index (χ0v) is 12.4. The summed E-state index contributed by atoms with van der Waals surface area (Å²) in [6.45, 7) is 0.496. The Labute approximate surface area is 131 Å². The van der Waals surface area contributed by atoms with Gasteiger partial charge in [-0.3, -0.25) is 5.43 Å². The molecule has 114 valence electrons. The summed E-state index contributed by atoms with van der Waals surface area (Å²) in [7, 11) is 0. The first-order valence-electron chi connectivity index (χ1n) is 6.91. The Morgan fingerprint density at radius 1 is 1.45 bits per heavy atom. The van der Waals surface area contributed by atoms with Gasteiger partial charge in [0.25, 0.3) is 0 Å². The number of thiocarbonyl (C=S) groups is 1. The third-order valence-electron chi connectivity index (χ3n) is 3.83. The molecular formula is C13H14N6O2S. The second-order valence-electron chi connectivity index (χ2n) is 5.21. The first-order chi connectivity index (χ1) is 10.7. The van der Waals surface area contributed by atoms with Gasteiger partial charge in [-0.25, -0.2) is 4.68 Å². The summed E-state index contributed by atoms with van der Waals surface area (Å²) in [6.07, 6.45) is 0.120. The summed E-state index contributed by atoms with van der Waals surface area (Å²) < 4.78 is 13.4. The van der Waals surface area contributed by atoms with Gasteiger partial charge in [0, 0.05) is 6.42 Å². The van der Waals surface area contributed by atoms with E-state index < -0.39 is 6.29 Å². The molecule has 9 heteroatoms. The number of nitrogens with zero attached hydrogens (tertiary/aromatic N) is 4. The van der Waals surface area contributed by atoms with Crippen molar-refractivity contribution in [2.24, 2.45) is 10.8 Å². The number of para-hydroxylation sites is 1. The lowest BCUT2D eigenvalue weighted by atomic mass is 10.0. The molecule has 1 aromatic carbocycles. The molecule has 2 saturated heterocycles. The molecule has 3 unspecified atom stereocenters. The Balaban J connectivity index is 1.69. The molecule has 0 aliphatic carbocycles. The van der Waals surface area contributed by atoms with Gasteiger partial charge in [-0.15, -0.1) is 5.10 Å². The lowest BCUT2D eigenvalue weighted by Crippen LogP contribution is -2.39. The number of rotatable bonds is 2. The molecule has 8 nitrogen and oxygen atoms in total. The zero-order chi connectivity index (χ0) is 15.1. The topological polar surface area (TPSA) is 99.6 Å². The standard InChI is InChI=1S/C13H14N6O2S/c14-13(22)17-15-8-5-10(11-6-20-12(8)21-11)19-9-4-2-1-3-7(9)16-18-19/h1-4,10-12H,5-6H2,(H3,14,17,22)/b15-8+. The van der Waals surface area contributed by atoms with Crippen LogP contribution < -0.4 is 11.2 Å². The predicted molar refractivity (Wildman–Crippen MR) is 83.2 cm³/mol. The van der Waals surface area contributed by atoms with Crippen LogP contribution in [0.1, 0.15) is 12.5 Å². The number of hydrogen-bond acceptors (Lipinski definition) is 6. The van der Waals surface area contributed by atoms with E-state index in [2.05, 4.69) is 20.8 Å². The normalized spacial score (nSPS) is 29.1. The molecule has 3 N–H and O–H groups in total. The minimum absolute atomic E-state index is 0.0296. The summed E-state index contributed by atoms with van der Waals surface area (Å²) in [5, 5.41) is 12.8. The first-order valence-corrected chi connectivity index (χ1v) is 7.32. The lowest BCUT2D eigenvalue weighted by molar-refractivity contribution is -0.0317. The molecule has 22 heavy (non-hydrogen) atoms. The highest BCUT2D eigenvalue weighted by Gasteiger charge is 2.43. The molecule has 2 fully saturated rings. The number of hydrogen-bond donors (Lipinski definition) is 2. The second-order valence-corrected chi connectivity index (χ2v) is 5.65. The SMILES string of the molecule is NC(=S)N/N=C1\CC(n2nnc3ccccc32)C2COC1O2. The number of benzene rings is 1. The quantitative estimate of drug-likeness (QED) is 0.607. The van der Waals surface area contributed by atoms with Gasteiger partial charge in [-0.2, -0.15) is 5.10 Å². The van der Waals surface area contributed by atoms with Gasteiger partial charge in [-0.05, 0) is 24.4 Å². The Kier molecular flexibility index (Phi) is 3.25. The molecule has 3 heterocycles. The second kappa shape index (κ2) is 5.27. The van der Waals surface area contributed by atoms with E-state index in [1.54, 1.807) is 0 Å². The van der Waals surface area contributed by atoms with Gasteiger partial charge in [0.05, 0.1) is 23.9 Å². The number of aromatic nitrogens is 3. The van der Waals surface area contributed by atoms with Crippen molar-refractivity contribution in [3.63, 3.8) is 0 Å². The van der Waals surface area contributed by atoms with Gasteiger partial charge in [0.2, 0.25) is 0 Å². The third kappa shape index (κ3) is 2.23. The molecular weight excluding hydrogens is 304 g/mol. The molecule has 4 rings (SSSR count). The molecule has 1 aromatic heterocycles. The van der Waals surface area contributed by atoms with Crippen molar-refractivity contribution in [2.45, 2.75) is 24.9 Å². The Hall–Kier alpha value is -2.10. The van der Waals surface area contributed by atoms with E-state index in [9.17, 15) is 0 Å². The van der Waals surface area contributed by atoms with Crippen molar-refractivity contribution in [1.82, 2.24) is 20.4 Å². The lowest BCUT2D eigenvalue weighted by Gasteiger charge is -2.28. The Morgan fingerprint density at radius 2 is 2.32 bits per heavy atom. The zero-order valence-electron chi connectivity index (χ0n) is 11.5. The summed E-state index contributed by atoms with van der Waals surface area (Å²) in [5.74, 6) is 0. The van der Waals surface area contributed by atoms with Gasteiger partial charge < -0.3 is 15.2 Å². The Bertz CT molecular complexity index is 760. The van der Waals surface area contributed by atoms with Crippen LogP contribution in [0.25, 0.3) is 11.0 Å². The molecule has 0 radical (unpaired) electrons. The largest absolute Gasteiger partial charge is 0.375 e. The van der Waals surface area contributed by atoms with Crippen LogP contribution in [0.4, 0.5) is 0 Å². The van der Waals surface area contributed by atoms with Crippen LogP contribution in [0.5, 0.6) is 0 Å². The van der Waals surface area contributed by atoms with E-state index >= 15 is 0 Å². The predicted octanol–water partition coefficient (Wildman–Crippen LogP) is 0.307. The van der Waals surface area contributed by atoms with Crippen LogP contribution in [0.15, 0.2) is 29.4 Å².